The average Bonchev–Trinajstić information content (AvgIpc) is 2.54. The summed E-state index contributed by atoms with van der Waals surface area (Å²) in [5.41, 5.74) is -0.656. The summed E-state index contributed by atoms with van der Waals surface area (Å²) < 4.78 is 23.2. The van der Waals surface area contributed by atoms with Crippen LogP contribution in [0.5, 0.6) is 0 Å². The van der Waals surface area contributed by atoms with Crippen molar-refractivity contribution < 1.29 is 13.2 Å². The lowest BCUT2D eigenvalue weighted by atomic mass is 10.0. The molecule has 1 amide bonds. The molecule has 1 saturated heterocycles. The summed E-state index contributed by atoms with van der Waals surface area (Å²) >= 11 is 0. The Morgan fingerprint density at radius 3 is 2.53 bits per heavy atom. The van der Waals surface area contributed by atoms with E-state index in [0.717, 1.165) is 0 Å². The van der Waals surface area contributed by atoms with Crippen LogP contribution in [0.3, 0.4) is 0 Å². The van der Waals surface area contributed by atoms with Crippen LogP contribution in [0.1, 0.15) is 33.6 Å². The Balaban J connectivity index is 2.49. The van der Waals surface area contributed by atoms with Crippen LogP contribution in [-0.2, 0) is 14.6 Å². The summed E-state index contributed by atoms with van der Waals surface area (Å²) in [5.74, 6) is 0.103. The molecule has 1 rings (SSSR count). The minimum absolute atomic E-state index is 0.151. The lowest BCUT2D eigenvalue weighted by molar-refractivity contribution is -0.126. The van der Waals surface area contributed by atoms with Gasteiger partial charge in [0.25, 0.3) is 0 Å². The fourth-order valence-electron chi connectivity index (χ4n) is 2.04. The first-order valence-electron chi connectivity index (χ1n) is 6.04. The topological polar surface area (TPSA) is 75.3 Å². The molecule has 2 N–H and O–H groups in total. The third-order valence-electron chi connectivity index (χ3n) is 3.14. The maximum absolute atomic E-state index is 11.9. The molecule has 1 fully saturated rings. The Labute approximate surface area is 103 Å². The van der Waals surface area contributed by atoms with E-state index in [1.54, 1.807) is 13.8 Å². The zero-order valence-electron chi connectivity index (χ0n) is 10.7. The van der Waals surface area contributed by atoms with Crippen molar-refractivity contribution >= 4 is 15.7 Å². The summed E-state index contributed by atoms with van der Waals surface area (Å²) in [7, 11) is -2.98. The predicted octanol–water partition coefficient (Wildman–Crippen LogP) is 0.0679. The van der Waals surface area contributed by atoms with E-state index >= 15 is 0 Å². The fourth-order valence-corrected chi connectivity index (χ4v) is 3.80. The van der Waals surface area contributed by atoms with Crippen molar-refractivity contribution in [2.75, 3.05) is 18.8 Å². The molecule has 0 aliphatic carbocycles. The third kappa shape index (κ3) is 3.67. The second-order valence-electron chi connectivity index (χ2n) is 5.00. The van der Waals surface area contributed by atoms with E-state index in [1.165, 1.54) is 0 Å². The van der Waals surface area contributed by atoms with E-state index in [-0.39, 0.29) is 18.2 Å². The molecule has 0 saturated carbocycles. The van der Waals surface area contributed by atoms with E-state index in [1.807, 2.05) is 6.92 Å². The van der Waals surface area contributed by atoms with Gasteiger partial charge in [-0.05, 0) is 33.2 Å². The lowest BCUT2D eigenvalue weighted by Crippen LogP contribution is -2.53. The molecule has 0 aromatic carbocycles. The van der Waals surface area contributed by atoms with Gasteiger partial charge < -0.3 is 10.6 Å². The molecule has 1 unspecified atom stereocenters. The SMILES string of the molecule is CCNC(C)(C)C(=O)NCC1CCCS1(=O)=O. The number of hydrogen-bond donors (Lipinski definition) is 2. The number of hydrogen-bond acceptors (Lipinski definition) is 4. The minimum Gasteiger partial charge on any atom is -0.353 e. The molecule has 0 aromatic rings. The highest BCUT2D eigenvalue weighted by Gasteiger charge is 2.33. The molecule has 1 aliphatic rings. The van der Waals surface area contributed by atoms with Crippen LogP contribution in [-0.4, -0.2) is 44.0 Å². The van der Waals surface area contributed by atoms with Gasteiger partial charge in [-0.15, -0.1) is 0 Å². The van der Waals surface area contributed by atoms with Crippen LogP contribution in [0, 0.1) is 0 Å². The highest BCUT2D eigenvalue weighted by atomic mass is 32.2. The predicted molar refractivity (Wildman–Crippen MR) is 67.6 cm³/mol. The van der Waals surface area contributed by atoms with Crippen molar-refractivity contribution in [2.24, 2.45) is 0 Å². The maximum atomic E-state index is 11.9. The molecule has 17 heavy (non-hydrogen) atoms. The summed E-state index contributed by atoms with van der Waals surface area (Å²) in [6, 6.07) is 0. The highest BCUT2D eigenvalue weighted by molar-refractivity contribution is 7.92. The van der Waals surface area contributed by atoms with Crippen molar-refractivity contribution in [3.63, 3.8) is 0 Å². The Morgan fingerprint density at radius 1 is 1.41 bits per heavy atom. The van der Waals surface area contributed by atoms with Crippen molar-refractivity contribution in [1.29, 1.82) is 0 Å². The highest BCUT2D eigenvalue weighted by Crippen LogP contribution is 2.19. The van der Waals surface area contributed by atoms with Crippen molar-refractivity contribution in [2.45, 2.75) is 44.4 Å². The second-order valence-corrected chi connectivity index (χ2v) is 7.40. The van der Waals surface area contributed by atoms with Crippen molar-refractivity contribution in [3.8, 4) is 0 Å². The number of rotatable bonds is 5. The molecule has 1 heterocycles. The molecule has 0 radical (unpaired) electrons. The summed E-state index contributed by atoms with van der Waals surface area (Å²) in [4.78, 5) is 11.9. The minimum atomic E-state index is -2.98. The van der Waals surface area contributed by atoms with Crippen molar-refractivity contribution in [3.05, 3.63) is 0 Å². The Hall–Kier alpha value is -0.620. The second kappa shape index (κ2) is 5.35. The summed E-state index contributed by atoms with van der Waals surface area (Å²) in [6.45, 7) is 6.43. The first-order chi connectivity index (χ1) is 7.79. The monoisotopic (exact) mass is 262 g/mol. The molecular formula is C11H22N2O3S. The zero-order chi connectivity index (χ0) is 13.1. The van der Waals surface area contributed by atoms with Gasteiger partial charge in [0.1, 0.15) is 0 Å². The number of carbonyl (C=O) groups excluding carboxylic acids is 1. The molecule has 5 nitrogen and oxygen atoms in total. The zero-order valence-corrected chi connectivity index (χ0v) is 11.6. The smallest absolute Gasteiger partial charge is 0.239 e. The maximum Gasteiger partial charge on any atom is 0.239 e. The summed E-state index contributed by atoms with van der Waals surface area (Å²) in [6.07, 6.45) is 1.36. The van der Waals surface area contributed by atoms with Crippen LogP contribution in [0.4, 0.5) is 0 Å². The van der Waals surface area contributed by atoms with Gasteiger partial charge in [-0.3, -0.25) is 4.79 Å². The molecule has 0 aromatic heterocycles. The molecule has 100 valence electrons. The molecule has 0 spiro atoms. The third-order valence-corrected chi connectivity index (χ3v) is 5.42. The Morgan fingerprint density at radius 2 is 2.06 bits per heavy atom. The number of carbonyl (C=O) groups is 1. The van der Waals surface area contributed by atoms with Gasteiger partial charge >= 0.3 is 0 Å². The van der Waals surface area contributed by atoms with E-state index in [2.05, 4.69) is 10.6 Å². The lowest BCUT2D eigenvalue weighted by Gasteiger charge is -2.25. The summed E-state index contributed by atoms with van der Waals surface area (Å²) in [5, 5.41) is 5.38. The number of likely N-dealkylation sites (N-methyl/N-ethyl adjacent to an activating group) is 1. The molecule has 0 bridgehead atoms. The molecule has 1 aliphatic heterocycles. The normalized spacial score (nSPS) is 23.6. The van der Waals surface area contributed by atoms with Gasteiger partial charge in [0.05, 0.1) is 16.5 Å². The van der Waals surface area contributed by atoms with E-state index < -0.39 is 20.6 Å². The molecule has 1 atom stereocenters. The van der Waals surface area contributed by atoms with Gasteiger partial charge in [-0.2, -0.15) is 0 Å². The van der Waals surface area contributed by atoms with Crippen LogP contribution in [0.2, 0.25) is 0 Å². The van der Waals surface area contributed by atoms with Crippen LogP contribution < -0.4 is 10.6 Å². The van der Waals surface area contributed by atoms with E-state index in [4.69, 9.17) is 0 Å². The number of sulfone groups is 1. The van der Waals surface area contributed by atoms with Gasteiger partial charge in [0.15, 0.2) is 9.84 Å². The van der Waals surface area contributed by atoms with Gasteiger partial charge in [0.2, 0.25) is 5.91 Å². The van der Waals surface area contributed by atoms with Crippen LogP contribution in [0.25, 0.3) is 0 Å². The first kappa shape index (κ1) is 14.4. The Kier molecular flexibility index (Phi) is 4.55. The van der Waals surface area contributed by atoms with Crippen LogP contribution >= 0.6 is 0 Å². The van der Waals surface area contributed by atoms with Crippen LogP contribution in [0.15, 0.2) is 0 Å². The standard InChI is InChI=1S/C11H22N2O3S/c1-4-13-11(2,3)10(14)12-8-9-6-5-7-17(9,15)16/h9,13H,4-8H2,1-3H3,(H,12,14). The van der Waals surface area contributed by atoms with Crippen molar-refractivity contribution in [1.82, 2.24) is 10.6 Å². The van der Waals surface area contributed by atoms with Gasteiger partial charge in [-0.25, -0.2) is 8.42 Å². The number of nitrogens with one attached hydrogen (secondary N) is 2. The first-order valence-corrected chi connectivity index (χ1v) is 7.76. The molecular weight excluding hydrogens is 240 g/mol. The Bertz CT molecular complexity index is 376. The van der Waals surface area contributed by atoms with E-state index in [0.29, 0.717) is 19.4 Å². The van der Waals surface area contributed by atoms with E-state index in [9.17, 15) is 13.2 Å². The number of amides is 1. The average molecular weight is 262 g/mol. The molecule has 6 heteroatoms. The van der Waals surface area contributed by atoms with Gasteiger partial charge in [0, 0.05) is 6.54 Å². The largest absolute Gasteiger partial charge is 0.353 e. The van der Waals surface area contributed by atoms with Gasteiger partial charge in [-0.1, -0.05) is 6.92 Å². The quantitative estimate of drug-likeness (QED) is 0.735. The fraction of sp³-hybridized carbons (Fsp3) is 0.909.